The lowest BCUT2D eigenvalue weighted by molar-refractivity contribution is -0.219. The molecular weight excluding hydrogens is 434 g/mol. The molecule has 2 fully saturated rings. The SMILES string of the molecule is CCO[C@@H]1CC2=C(C(F)(F)F)[C@@](C#N)(C(F)(F)F)CSC3(N21)C(C)(C)C(=O)C3(C)C. The highest BCUT2D eigenvalue weighted by molar-refractivity contribution is 8.00. The van der Waals surface area contributed by atoms with Gasteiger partial charge in [0.25, 0.3) is 0 Å². The van der Waals surface area contributed by atoms with Gasteiger partial charge in [-0.05, 0) is 34.6 Å². The number of nitrogens with zero attached hydrogens (tertiary/aromatic N) is 2. The van der Waals surface area contributed by atoms with E-state index in [1.165, 1.54) is 32.6 Å². The predicted octanol–water partition coefficient (Wildman–Crippen LogP) is 5.02. The summed E-state index contributed by atoms with van der Waals surface area (Å²) in [5, 5.41) is 9.47. The third-order valence-corrected chi connectivity index (χ3v) is 8.86. The standard InChI is InChI=1S/C19H22F6N2O2S/c1-6-29-11-7-10-12(17(20,21)22)16(8-26,19(23,24)25)9-30-18(27(10)11)14(2,3)13(28)15(18,4)5/h11H,6-7,9H2,1-5H3/t11-,16+/m1/s1. The number of rotatable bonds is 2. The van der Waals surface area contributed by atoms with E-state index < -0.39 is 63.1 Å². The van der Waals surface area contributed by atoms with Gasteiger partial charge in [0, 0.05) is 24.5 Å². The fourth-order valence-corrected chi connectivity index (χ4v) is 7.58. The van der Waals surface area contributed by atoms with Gasteiger partial charge in [-0.2, -0.15) is 31.6 Å². The van der Waals surface area contributed by atoms with Gasteiger partial charge in [0.05, 0.1) is 22.5 Å². The lowest BCUT2D eigenvalue weighted by Gasteiger charge is -2.72. The predicted molar refractivity (Wildman–Crippen MR) is 96.8 cm³/mol. The molecule has 1 aliphatic carbocycles. The summed E-state index contributed by atoms with van der Waals surface area (Å²) >= 11 is 0.603. The second-order valence-electron chi connectivity index (χ2n) is 8.83. The minimum Gasteiger partial charge on any atom is -0.358 e. The molecule has 30 heavy (non-hydrogen) atoms. The first-order chi connectivity index (χ1) is 13.5. The topological polar surface area (TPSA) is 53.3 Å². The Morgan fingerprint density at radius 2 is 1.70 bits per heavy atom. The van der Waals surface area contributed by atoms with Gasteiger partial charge in [-0.3, -0.25) is 4.79 Å². The highest BCUT2D eigenvalue weighted by atomic mass is 32.2. The van der Waals surface area contributed by atoms with E-state index in [0.29, 0.717) is 11.8 Å². The summed E-state index contributed by atoms with van der Waals surface area (Å²) in [6, 6.07) is 0.961. The van der Waals surface area contributed by atoms with Crippen LogP contribution < -0.4 is 0 Å². The maximum atomic E-state index is 14.1. The van der Waals surface area contributed by atoms with Crippen molar-refractivity contribution in [1.82, 2.24) is 4.90 Å². The van der Waals surface area contributed by atoms with Crippen molar-refractivity contribution in [1.29, 1.82) is 5.26 Å². The van der Waals surface area contributed by atoms with E-state index in [1.54, 1.807) is 6.92 Å². The molecule has 4 nitrogen and oxygen atoms in total. The van der Waals surface area contributed by atoms with Gasteiger partial charge in [0.2, 0.25) is 0 Å². The van der Waals surface area contributed by atoms with Gasteiger partial charge in [-0.1, -0.05) is 0 Å². The number of carbonyl (C=O) groups excluding carboxylic acids is 1. The zero-order chi connectivity index (χ0) is 23.1. The van der Waals surface area contributed by atoms with Crippen LogP contribution in [-0.2, 0) is 9.53 Å². The van der Waals surface area contributed by atoms with Gasteiger partial charge in [0.15, 0.2) is 11.2 Å². The summed E-state index contributed by atoms with van der Waals surface area (Å²) in [5.41, 5.74) is -8.75. The summed E-state index contributed by atoms with van der Waals surface area (Å²) in [4.78, 5) is 12.6. The number of thioether (sulfide) groups is 1. The molecule has 3 rings (SSSR count). The molecule has 3 aliphatic rings. The Labute approximate surface area is 174 Å². The highest BCUT2D eigenvalue weighted by Gasteiger charge is 2.81. The molecule has 1 saturated carbocycles. The van der Waals surface area contributed by atoms with Crippen LogP contribution in [0.2, 0.25) is 0 Å². The van der Waals surface area contributed by atoms with Crippen molar-refractivity contribution in [2.45, 2.75) is 64.5 Å². The maximum Gasteiger partial charge on any atom is 0.416 e. The van der Waals surface area contributed by atoms with Crippen molar-refractivity contribution in [3.63, 3.8) is 0 Å². The van der Waals surface area contributed by atoms with Gasteiger partial charge in [-0.15, -0.1) is 11.8 Å². The van der Waals surface area contributed by atoms with E-state index in [1.807, 2.05) is 0 Å². The maximum absolute atomic E-state index is 14.1. The van der Waals surface area contributed by atoms with Crippen molar-refractivity contribution in [3.05, 3.63) is 11.3 Å². The van der Waals surface area contributed by atoms with Crippen molar-refractivity contribution < 1.29 is 35.9 Å². The van der Waals surface area contributed by atoms with Crippen LogP contribution in [0.15, 0.2) is 11.3 Å². The van der Waals surface area contributed by atoms with Crippen molar-refractivity contribution in [3.8, 4) is 6.07 Å². The van der Waals surface area contributed by atoms with E-state index in [4.69, 9.17) is 4.74 Å². The molecule has 0 aromatic rings. The third-order valence-electron chi connectivity index (χ3n) is 6.65. The molecule has 2 aliphatic heterocycles. The Morgan fingerprint density at radius 1 is 1.17 bits per heavy atom. The fourth-order valence-electron chi connectivity index (χ4n) is 5.51. The van der Waals surface area contributed by atoms with Gasteiger partial charge < -0.3 is 9.64 Å². The number of halogens is 6. The summed E-state index contributed by atoms with van der Waals surface area (Å²) in [5.74, 6) is -1.44. The molecule has 0 N–H and O–H groups in total. The van der Waals surface area contributed by atoms with Crippen molar-refractivity contribution in [2.75, 3.05) is 12.4 Å². The number of nitriles is 1. The Morgan fingerprint density at radius 3 is 2.10 bits per heavy atom. The van der Waals surface area contributed by atoms with Crippen molar-refractivity contribution in [2.24, 2.45) is 16.2 Å². The largest absolute Gasteiger partial charge is 0.416 e. The van der Waals surface area contributed by atoms with Gasteiger partial charge in [0.1, 0.15) is 11.1 Å². The number of carbonyl (C=O) groups is 1. The number of alkyl halides is 6. The van der Waals surface area contributed by atoms with Crippen LogP contribution in [0.4, 0.5) is 26.3 Å². The number of hydrogen-bond donors (Lipinski definition) is 0. The van der Waals surface area contributed by atoms with Crippen molar-refractivity contribution >= 4 is 17.5 Å². The van der Waals surface area contributed by atoms with Crippen LogP contribution in [0.25, 0.3) is 0 Å². The molecule has 2 heterocycles. The highest BCUT2D eigenvalue weighted by Crippen LogP contribution is 2.73. The monoisotopic (exact) mass is 456 g/mol. The van der Waals surface area contributed by atoms with Gasteiger partial charge in [-0.25, -0.2) is 0 Å². The summed E-state index contributed by atoms with van der Waals surface area (Å²) in [6.07, 6.45) is -12.2. The molecule has 168 valence electrons. The number of hydrogen-bond acceptors (Lipinski definition) is 5. The molecule has 1 spiro atoms. The minimum atomic E-state index is -5.46. The summed E-state index contributed by atoms with van der Waals surface area (Å²) in [6.45, 7) is 7.84. The molecule has 1 saturated heterocycles. The number of ether oxygens (including phenoxy) is 1. The number of ketones is 1. The van der Waals surface area contributed by atoms with Crippen LogP contribution in [0, 0.1) is 27.6 Å². The number of Topliss-reactive ketones (excluding diaryl/α,β-unsaturated/α-hetero) is 1. The number of allylic oxidation sites excluding steroid dienone is 1. The molecule has 11 heteroatoms. The van der Waals surface area contributed by atoms with Crippen LogP contribution >= 0.6 is 11.8 Å². The lowest BCUT2D eigenvalue weighted by atomic mass is 9.48. The Bertz CT molecular complexity index is 837. The first-order valence-electron chi connectivity index (χ1n) is 9.36. The Balaban J connectivity index is 2.37. The summed E-state index contributed by atoms with van der Waals surface area (Å²) in [7, 11) is 0. The average molecular weight is 456 g/mol. The second kappa shape index (κ2) is 6.31. The van der Waals surface area contributed by atoms with E-state index >= 15 is 0 Å². The fraction of sp³-hybridized carbons (Fsp3) is 0.789. The summed E-state index contributed by atoms with van der Waals surface area (Å²) < 4.78 is 90.0. The molecule has 0 amide bonds. The number of fused-ring (bicyclic) bond motifs is 2. The Kier molecular flexibility index (Phi) is 4.89. The zero-order valence-corrected chi connectivity index (χ0v) is 17.9. The molecular formula is C19H22F6N2O2S. The second-order valence-corrected chi connectivity index (χ2v) is 10.00. The first-order valence-corrected chi connectivity index (χ1v) is 10.3. The zero-order valence-electron chi connectivity index (χ0n) is 17.1. The van der Waals surface area contributed by atoms with Crippen LogP contribution in [0.5, 0.6) is 0 Å². The third kappa shape index (κ3) is 2.43. The average Bonchev–Trinajstić information content (AvgIpc) is 2.69. The normalized spacial score (nSPS) is 32.1. The van der Waals surface area contributed by atoms with Gasteiger partial charge >= 0.3 is 12.4 Å². The molecule has 2 atom stereocenters. The molecule has 0 unspecified atom stereocenters. The first kappa shape index (κ1) is 23.3. The van der Waals surface area contributed by atoms with E-state index in [0.717, 1.165) is 6.07 Å². The van der Waals surface area contributed by atoms with Crippen LogP contribution in [0.1, 0.15) is 41.0 Å². The van der Waals surface area contributed by atoms with E-state index in [2.05, 4.69) is 0 Å². The Hall–Kier alpha value is -1.41. The van der Waals surface area contributed by atoms with Crippen LogP contribution in [0.3, 0.4) is 0 Å². The lowest BCUT2D eigenvalue weighted by Crippen LogP contribution is -2.81. The van der Waals surface area contributed by atoms with E-state index in [9.17, 15) is 36.4 Å². The van der Waals surface area contributed by atoms with Crippen LogP contribution in [-0.4, -0.2) is 46.5 Å². The molecule has 0 bridgehead atoms. The molecule has 0 aromatic heterocycles. The quantitative estimate of drug-likeness (QED) is 0.546. The van der Waals surface area contributed by atoms with E-state index in [-0.39, 0.29) is 12.4 Å². The minimum absolute atomic E-state index is 0.133. The smallest absolute Gasteiger partial charge is 0.358 e. The molecule has 0 radical (unpaired) electrons. The molecule has 0 aromatic carbocycles.